The van der Waals surface area contributed by atoms with Crippen LogP contribution in [0.3, 0.4) is 0 Å². The molecule has 14 heavy (non-hydrogen) atoms. The summed E-state index contributed by atoms with van der Waals surface area (Å²) in [5, 5.41) is 11.5. The van der Waals surface area contributed by atoms with E-state index in [2.05, 4.69) is 11.4 Å². The van der Waals surface area contributed by atoms with Crippen LogP contribution in [0.15, 0.2) is 0 Å². The molecule has 0 unspecified atom stereocenters. The molecule has 1 aliphatic rings. The topological polar surface area (TPSA) is 56.1 Å². The molecular formula is C10H17N3O. The minimum Gasteiger partial charge on any atom is -0.336 e. The fraction of sp³-hybridized carbons (Fsp3) is 0.800. The monoisotopic (exact) mass is 195 g/mol. The highest BCUT2D eigenvalue weighted by molar-refractivity contribution is 5.74. The summed E-state index contributed by atoms with van der Waals surface area (Å²) in [5.74, 6) is 0.137. The van der Waals surface area contributed by atoms with Crippen molar-refractivity contribution in [1.29, 1.82) is 5.26 Å². The molecule has 0 saturated carbocycles. The summed E-state index contributed by atoms with van der Waals surface area (Å²) in [6, 6.07) is 2.42. The summed E-state index contributed by atoms with van der Waals surface area (Å²) in [6.07, 6.45) is 1.62. The van der Waals surface area contributed by atoms with Gasteiger partial charge in [0.1, 0.15) is 0 Å². The van der Waals surface area contributed by atoms with Crippen LogP contribution in [-0.2, 0) is 0 Å². The van der Waals surface area contributed by atoms with E-state index < -0.39 is 0 Å². The molecule has 0 aromatic heterocycles. The maximum absolute atomic E-state index is 11.5. The van der Waals surface area contributed by atoms with Crippen molar-refractivity contribution in [1.82, 2.24) is 10.2 Å². The van der Waals surface area contributed by atoms with E-state index in [1.54, 1.807) is 4.90 Å². The van der Waals surface area contributed by atoms with Crippen molar-refractivity contribution in [3.8, 4) is 6.07 Å². The van der Waals surface area contributed by atoms with Gasteiger partial charge in [0.25, 0.3) is 0 Å². The van der Waals surface area contributed by atoms with Crippen LogP contribution in [0.5, 0.6) is 0 Å². The van der Waals surface area contributed by atoms with E-state index in [9.17, 15) is 4.79 Å². The Morgan fingerprint density at radius 2 is 2.07 bits per heavy atom. The van der Waals surface area contributed by atoms with Crippen molar-refractivity contribution in [2.75, 3.05) is 13.1 Å². The third kappa shape index (κ3) is 2.91. The first-order valence-corrected chi connectivity index (χ1v) is 5.08. The van der Waals surface area contributed by atoms with Crippen LogP contribution in [0, 0.1) is 17.2 Å². The lowest BCUT2D eigenvalue weighted by Gasteiger charge is -2.29. The number of nitrogens with one attached hydrogen (secondary N) is 1. The SMILES string of the molecule is CC(C)NC(=O)N1CCC(C#N)CC1. The van der Waals surface area contributed by atoms with E-state index in [-0.39, 0.29) is 18.0 Å². The van der Waals surface area contributed by atoms with Crippen molar-refractivity contribution in [3.63, 3.8) is 0 Å². The van der Waals surface area contributed by atoms with Crippen LogP contribution in [0.1, 0.15) is 26.7 Å². The second-order valence-corrected chi connectivity index (χ2v) is 3.99. The van der Waals surface area contributed by atoms with E-state index in [0.717, 1.165) is 12.8 Å². The number of amides is 2. The van der Waals surface area contributed by atoms with Crippen LogP contribution in [0.2, 0.25) is 0 Å². The lowest BCUT2D eigenvalue weighted by molar-refractivity contribution is 0.176. The van der Waals surface area contributed by atoms with Crippen molar-refractivity contribution in [2.45, 2.75) is 32.7 Å². The fourth-order valence-corrected chi connectivity index (χ4v) is 1.55. The van der Waals surface area contributed by atoms with Gasteiger partial charge in [0.15, 0.2) is 0 Å². The largest absolute Gasteiger partial charge is 0.336 e. The van der Waals surface area contributed by atoms with E-state index in [4.69, 9.17) is 5.26 Å². The number of piperidine rings is 1. The molecule has 0 radical (unpaired) electrons. The van der Waals surface area contributed by atoms with Gasteiger partial charge in [-0.2, -0.15) is 5.26 Å². The van der Waals surface area contributed by atoms with Crippen LogP contribution >= 0.6 is 0 Å². The van der Waals surface area contributed by atoms with Gasteiger partial charge in [-0.3, -0.25) is 0 Å². The zero-order chi connectivity index (χ0) is 10.6. The molecule has 1 N–H and O–H groups in total. The molecule has 0 aromatic carbocycles. The molecule has 0 atom stereocenters. The van der Waals surface area contributed by atoms with Crippen LogP contribution in [0.4, 0.5) is 4.79 Å². The molecular weight excluding hydrogens is 178 g/mol. The summed E-state index contributed by atoms with van der Waals surface area (Å²) in [7, 11) is 0. The second kappa shape index (κ2) is 4.85. The third-order valence-corrected chi connectivity index (χ3v) is 2.38. The molecule has 0 aromatic rings. The first-order valence-electron chi connectivity index (χ1n) is 5.08. The van der Waals surface area contributed by atoms with Crippen molar-refractivity contribution < 1.29 is 4.79 Å². The Morgan fingerprint density at radius 1 is 1.50 bits per heavy atom. The summed E-state index contributed by atoms with van der Waals surface area (Å²) in [4.78, 5) is 13.3. The fourth-order valence-electron chi connectivity index (χ4n) is 1.55. The molecule has 1 fully saturated rings. The molecule has 1 aliphatic heterocycles. The Bertz CT molecular complexity index is 236. The van der Waals surface area contributed by atoms with Gasteiger partial charge in [0.05, 0.1) is 6.07 Å². The molecule has 0 aliphatic carbocycles. The average molecular weight is 195 g/mol. The van der Waals surface area contributed by atoms with Gasteiger partial charge in [0, 0.05) is 25.0 Å². The summed E-state index contributed by atoms with van der Waals surface area (Å²) in [5.41, 5.74) is 0. The number of nitriles is 1. The van der Waals surface area contributed by atoms with Gasteiger partial charge >= 0.3 is 6.03 Å². The smallest absolute Gasteiger partial charge is 0.317 e. The maximum Gasteiger partial charge on any atom is 0.317 e. The zero-order valence-corrected chi connectivity index (χ0v) is 8.79. The van der Waals surface area contributed by atoms with Gasteiger partial charge < -0.3 is 10.2 Å². The van der Waals surface area contributed by atoms with Crippen molar-refractivity contribution >= 4 is 6.03 Å². The van der Waals surface area contributed by atoms with Gasteiger partial charge in [-0.1, -0.05) is 0 Å². The molecule has 1 saturated heterocycles. The number of rotatable bonds is 1. The van der Waals surface area contributed by atoms with Crippen LogP contribution in [0.25, 0.3) is 0 Å². The van der Waals surface area contributed by atoms with E-state index >= 15 is 0 Å². The number of hydrogen-bond donors (Lipinski definition) is 1. The maximum atomic E-state index is 11.5. The van der Waals surface area contributed by atoms with Gasteiger partial charge in [-0.05, 0) is 26.7 Å². The Kier molecular flexibility index (Phi) is 3.75. The van der Waals surface area contributed by atoms with Crippen molar-refractivity contribution in [2.24, 2.45) is 5.92 Å². The standard InChI is InChI=1S/C10H17N3O/c1-8(2)12-10(14)13-5-3-9(7-11)4-6-13/h8-9H,3-6H2,1-2H3,(H,12,14). The predicted octanol–water partition coefficient (Wildman–Crippen LogP) is 1.34. The second-order valence-electron chi connectivity index (χ2n) is 3.99. The molecule has 0 bridgehead atoms. The lowest BCUT2D eigenvalue weighted by atomic mass is 9.99. The highest BCUT2D eigenvalue weighted by Gasteiger charge is 2.22. The first kappa shape index (κ1) is 10.8. The third-order valence-electron chi connectivity index (χ3n) is 2.38. The summed E-state index contributed by atoms with van der Waals surface area (Å²) < 4.78 is 0. The van der Waals surface area contributed by atoms with Gasteiger partial charge in [-0.25, -0.2) is 4.79 Å². The first-order chi connectivity index (χ1) is 6.63. The Balaban J connectivity index is 2.35. The normalized spacial score (nSPS) is 18.0. The molecule has 1 heterocycles. The molecule has 78 valence electrons. The van der Waals surface area contributed by atoms with E-state index in [0.29, 0.717) is 13.1 Å². The molecule has 4 nitrogen and oxygen atoms in total. The van der Waals surface area contributed by atoms with E-state index in [1.165, 1.54) is 0 Å². The number of nitrogens with zero attached hydrogens (tertiary/aromatic N) is 2. The zero-order valence-electron chi connectivity index (χ0n) is 8.79. The number of hydrogen-bond acceptors (Lipinski definition) is 2. The number of carbonyl (C=O) groups excluding carboxylic acids is 1. The highest BCUT2D eigenvalue weighted by atomic mass is 16.2. The average Bonchev–Trinajstić information content (AvgIpc) is 2.17. The minimum atomic E-state index is -0.00334. The minimum absolute atomic E-state index is 0.00334. The van der Waals surface area contributed by atoms with Gasteiger partial charge in [-0.15, -0.1) is 0 Å². The van der Waals surface area contributed by atoms with Crippen LogP contribution in [-0.4, -0.2) is 30.1 Å². The Morgan fingerprint density at radius 3 is 2.50 bits per heavy atom. The van der Waals surface area contributed by atoms with Crippen molar-refractivity contribution in [3.05, 3.63) is 0 Å². The summed E-state index contributed by atoms with van der Waals surface area (Å²) >= 11 is 0. The Labute approximate surface area is 84.9 Å². The van der Waals surface area contributed by atoms with Gasteiger partial charge in [0.2, 0.25) is 0 Å². The molecule has 2 amide bonds. The molecule has 4 heteroatoms. The van der Waals surface area contributed by atoms with Crippen LogP contribution < -0.4 is 5.32 Å². The quantitative estimate of drug-likeness (QED) is 0.686. The number of carbonyl (C=O) groups is 1. The van der Waals surface area contributed by atoms with E-state index in [1.807, 2.05) is 13.8 Å². The summed E-state index contributed by atoms with van der Waals surface area (Å²) in [6.45, 7) is 5.30. The lowest BCUT2D eigenvalue weighted by Crippen LogP contribution is -2.46. The highest BCUT2D eigenvalue weighted by Crippen LogP contribution is 2.15. The predicted molar refractivity (Wildman–Crippen MR) is 53.6 cm³/mol. The Hall–Kier alpha value is -1.24. The number of likely N-dealkylation sites (tertiary alicyclic amines) is 1. The molecule has 0 spiro atoms. The number of urea groups is 1. The molecule has 1 rings (SSSR count).